The van der Waals surface area contributed by atoms with E-state index < -0.39 is 0 Å². The number of nitrogens with zero attached hydrogens (tertiary/aromatic N) is 2. The van der Waals surface area contributed by atoms with Crippen molar-refractivity contribution in [1.29, 1.82) is 0 Å². The lowest BCUT2D eigenvalue weighted by molar-refractivity contribution is 0.503. The van der Waals surface area contributed by atoms with Crippen LogP contribution in [-0.2, 0) is 5.88 Å². The van der Waals surface area contributed by atoms with Crippen molar-refractivity contribution in [2.24, 2.45) is 5.92 Å². The summed E-state index contributed by atoms with van der Waals surface area (Å²) in [4.78, 5) is 6.98. The summed E-state index contributed by atoms with van der Waals surface area (Å²) in [5.41, 5.74) is 2.16. The van der Waals surface area contributed by atoms with Crippen LogP contribution in [0.1, 0.15) is 26.3 Å². The van der Waals surface area contributed by atoms with Crippen molar-refractivity contribution in [2.45, 2.75) is 32.7 Å². The fourth-order valence-electron chi connectivity index (χ4n) is 2.18. The van der Waals surface area contributed by atoms with Gasteiger partial charge in [-0.2, -0.15) is 0 Å². The van der Waals surface area contributed by atoms with E-state index in [2.05, 4.69) is 44.9 Å². The van der Waals surface area contributed by atoms with Crippen LogP contribution >= 0.6 is 11.6 Å². The van der Waals surface area contributed by atoms with E-state index in [-0.39, 0.29) is 0 Å². The summed E-state index contributed by atoms with van der Waals surface area (Å²) in [5, 5.41) is 1.15. The highest BCUT2D eigenvalue weighted by Crippen LogP contribution is 2.25. The lowest BCUT2D eigenvalue weighted by atomic mass is 10.0. The van der Waals surface area contributed by atoms with E-state index in [1.165, 1.54) is 0 Å². The molecule has 2 aromatic rings. The molecule has 0 fully saturated rings. The zero-order chi connectivity index (χ0) is 14.0. The number of aromatic nitrogens is 1. The molecule has 1 aromatic carbocycles. The smallest absolute Gasteiger partial charge is 0.129 e. The molecule has 1 unspecified atom stereocenters. The average Bonchev–Trinajstić information content (AvgIpc) is 2.44. The summed E-state index contributed by atoms with van der Waals surface area (Å²) in [5.74, 6) is 2.09. The first kappa shape index (κ1) is 14.1. The molecule has 1 heterocycles. The fourth-order valence-corrected chi connectivity index (χ4v) is 2.40. The molecular weight excluding hydrogens is 256 g/mol. The Labute approximate surface area is 120 Å². The van der Waals surface area contributed by atoms with Crippen molar-refractivity contribution in [1.82, 2.24) is 4.98 Å². The Kier molecular flexibility index (Phi) is 4.31. The van der Waals surface area contributed by atoms with E-state index in [9.17, 15) is 0 Å². The van der Waals surface area contributed by atoms with Crippen LogP contribution in [-0.4, -0.2) is 18.1 Å². The number of alkyl halides is 1. The molecule has 0 aliphatic heterocycles. The van der Waals surface area contributed by atoms with Crippen molar-refractivity contribution in [3.8, 4) is 0 Å². The topological polar surface area (TPSA) is 16.1 Å². The van der Waals surface area contributed by atoms with Gasteiger partial charge in [-0.1, -0.05) is 32.0 Å². The second-order valence-electron chi connectivity index (χ2n) is 5.39. The summed E-state index contributed by atoms with van der Waals surface area (Å²) in [6, 6.07) is 10.7. The summed E-state index contributed by atoms with van der Waals surface area (Å²) in [6.07, 6.45) is 0. The Hall–Kier alpha value is -1.28. The van der Waals surface area contributed by atoms with Crippen molar-refractivity contribution in [2.75, 3.05) is 11.9 Å². The van der Waals surface area contributed by atoms with Crippen molar-refractivity contribution in [3.63, 3.8) is 0 Å². The van der Waals surface area contributed by atoms with E-state index >= 15 is 0 Å². The Morgan fingerprint density at radius 3 is 2.53 bits per heavy atom. The van der Waals surface area contributed by atoms with Crippen molar-refractivity contribution in [3.05, 3.63) is 35.9 Å². The maximum absolute atomic E-state index is 6.08. The SMILES string of the molecule is CC(C)C(C)N(C)c1cc(CCl)c2ccccc2n1. The number of para-hydroxylation sites is 1. The molecule has 0 aliphatic rings. The number of halogens is 1. The van der Waals surface area contributed by atoms with Gasteiger partial charge in [-0.25, -0.2) is 4.98 Å². The van der Waals surface area contributed by atoms with Gasteiger partial charge in [0.05, 0.1) is 5.52 Å². The predicted octanol–water partition coefficient (Wildman–Crippen LogP) is 4.45. The number of hydrogen-bond acceptors (Lipinski definition) is 2. The molecule has 3 heteroatoms. The fraction of sp³-hybridized carbons (Fsp3) is 0.438. The summed E-state index contributed by atoms with van der Waals surface area (Å²) in [6.45, 7) is 6.68. The monoisotopic (exact) mass is 276 g/mol. The minimum Gasteiger partial charge on any atom is -0.357 e. The number of anilines is 1. The third kappa shape index (κ3) is 2.84. The van der Waals surface area contributed by atoms with E-state index in [1.54, 1.807) is 0 Å². The Balaban J connectivity index is 2.50. The number of benzene rings is 1. The molecule has 0 spiro atoms. The largest absolute Gasteiger partial charge is 0.357 e. The van der Waals surface area contributed by atoms with Gasteiger partial charge >= 0.3 is 0 Å². The summed E-state index contributed by atoms with van der Waals surface area (Å²) in [7, 11) is 2.10. The molecule has 0 N–H and O–H groups in total. The zero-order valence-corrected chi connectivity index (χ0v) is 12.8. The Morgan fingerprint density at radius 2 is 1.89 bits per heavy atom. The third-order valence-electron chi connectivity index (χ3n) is 3.87. The predicted molar refractivity (Wildman–Crippen MR) is 84.0 cm³/mol. The Morgan fingerprint density at radius 1 is 1.21 bits per heavy atom. The maximum atomic E-state index is 6.08. The normalized spacial score (nSPS) is 12.9. The highest BCUT2D eigenvalue weighted by molar-refractivity contribution is 6.18. The second kappa shape index (κ2) is 5.79. The standard InChI is InChI=1S/C16H21ClN2/c1-11(2)12(3)19(4)16-9-13(10-17)14-7-5-6-8-15(14)18-16/h5-9,11-12H,10H2,1-4H3. The quantitative estimate of drug-likeness (QED) is 0.767. The van der Waals surface area contributed by atoms with Gasteiger partial charge in [-0.3, -0.25) is 0 Å². The van der Waals surface area contributed by atoms with Crippen LogP contribution in [0, 0.1) is 5.92 Å². The van der Waals surface area contributed by atoms with Crippen LogP contribution in [0.4, 0.5) is 5.82 Å². The first-order valence-electron chi connectivity index (χ1n) is 6.72. The second-order valence-corrected chi connectivity index (χ2v) is 5.65. The molecule has 1 atom stereocenters. The molecule has 2 rings (SSSR count). The van der Waals surface area contributed by atoms with Gasteiger partial charge in [0.1, 0.15) is 5.82 Å². The molecular formula is C16H21ClN2. The highest BCUT2D eigenvalue weighted by atomic mass is 35.5. The first-order chi connectivity index (χ1) is 9.04. The molecule has 0 saturated heterocycles. The van der Waals surface area contributed by atoms with Crippen molar-refractivity contribution >= 4 is 28.3 Å². The number of fused-ring (bicyclic) bond motifs is 1. The molecule has 0 bridgehead atoms. The van der Waals surface area contributed by atoms with Crippen LogP contribution in [0.2, 0.25) is 0 Å². The van der Waals surface area contributed by atoms with Crippen LogP contribution in [0.15, 0.2) is 30.3 Å². The van der Waals surface area contributed by atoms with Gasteiger partial charge in [0.2, 0.25) is 0 Å². The van der Waals surface area contributed by atoms with Crippen LogP contribution < -0.4 is 4.90 Å². The van der Waals surface area contributed by atoms with Gasteiger partial charge in [-0.05, 0) is 30.5 Å². The molecule has 0 aliphatic carbocycles. The molecule has 0 radical (unpaired) electrons. The van der Waals surface area contributed by atoms with Gasteiger partial charge in [0, 0.05) is 24.4 Å². The van der Waals surface area contributed by atoms with Crippen molar-refractivity contribution < 1.29 is 0 Å². The zero-order valence-electron chi connectivity index (χ0n) is 12.0. The van der Waals surface area contributed by atoms with Gasteiger partial charge < -0.3 is 4.90 Å². The minimum absolute atomic E-state index is 0.442. The van der Waals surface area contributed by atoms with Crippen LogP contribution in [0.5, 0.6) is 0 Å². The molecule has 2 nitrogen and oxygen atoms in total. The van der Waals surface area contributed by atoms with Crippen LogP contribution in [0.25, 0.3) is 10.9 Å². The molecule has 1 aromatic heterocycles. The lowest BCUT2D eigenvalue weighted by Gasteiger charge is -2.29. The van der Waals surface area contributed by atoms with E-state index in [1.807, 2.05) is 18.2 Å². The summed E-state index contributed by atoms with van der Waals surface area (Å²) >= 11 is 6.08. The summed E-state index contributed by atoms with van der Waals surface area (Å²) < 4.78 is 0. The molecule has 19 heavy (non-hydrogen) atoms. The molecule has 102 valence electrons. The van der Waals surface area contributed by atoms with E-state index in [4.69, 9.17) is 16.6 Å². The Bertz CT molecular complexity index is 566. The number of pyridine rings is 1. The highest BCUT2D eigenvalue weighted by Gasteiger charge is 2.16. The number of hydrogen-bond donors (Lipinski definition) is 0. The molecule has 0 amide bonds. The van der Waals surface area contributed by atoms with Gasteiger partial charge in [-0.15, -0.1) is 11.6 Å². The lowest BCUT2D eigenvalue weighted by Crippen LogP contribution is -2.33. The van der Waals surface area contributed by atoms with E-state index in [0.29, 0.717) is 17.8 Å². The first-order valence-corrected chi connectivity index (χ1v) is 7.25. The van der Waals surface area contributed by atoms with Gasteiger partial charge in [0.25, 0.3) is 0 Å². The maximum Gasteiger partial charge on any atom is 0.129 e. The third-order valence-corrected chi connectivity index (χ3v) is 4.16. The molecule has 0 saturated carbocycles. The van der Waals surface area contributed by atoms with Crippen LogP contribution in [0.3, 0.4) is 0 Å². The van der Waals surface area contributed by atoms with E-state index in [0.717, 1.165) is 22.3 Å². The van der Waals surface area contributed by atoms with Gasteiger partial charge in [0.15, 0.2) is 0 Å². The average molecular weight is 277 g/mol. The minimum atomic E-state index is 0.442. The number of rotatable bonds is 4.